The second kappa shape index (κ2) is 8.75. The fourth-order valence-corrected chi connectivity index (χ4v) is 1.32. The summed E-state index contributed by atoms with van der Waals surface area (Å²) in [6.07, 6.45) is 7.99. The second-order valence-corrected chi connectivity index (χ2v) is 4.14. The highest BCUT2D eigenvalue weighted by molar-refractivity contribution is 7.93. The lowest BCUT2D eigenvalue weighted by Gasteiger charge is -2.05. The van der Waals surface area contributed by atoms with Crippen LogP contribution in [0.1, 0.15) is 45.4 Å². The Hall–Kier alpha value is 0.660. The van der Waals surface area contributed by atoms with Gasteiger partial charge in [0.1, 0.15) is 0 Å². The summed E-state index contributed by atoms with van der Waals surface area (Å²) >= 11 is 8.08. The molecule has 0 rings (SSSR count). The van der Waals surface area contributed by atoms with Gasteiger partial charge in [-0.3, -0.25) is 0 Å². The molecule has 0 atom stereocenters. The van der Waals surface area contributed by atoms with Crippen molar-refractivity contribution in [2.75, 3.05) is 6.54 Å². The van der Waals surface area contributed by atoms with Gasteiger partial charge >= 0.3 is 0 Å². The van der Waals surface area contributed by atoms with E-state index in [0.717, 1.165) is 6.54 Å². The van der Waals surface area contributed by atoms with Crippen molar-refractivity contribution in [3.8, 4) is 0 Å². The molecule has 0 spiro atoms. The van der Waals surface area contributed by atoms with E-state index in [1.54, 1.807) is 3.71 Å². The molecule has 0 unspecified atom stereocenters. The van der Waals surface area contributed by atoms with Gasteiger partial charge in [-0.15, -0.1) is 0 Å². The highest BCUT2D eigenvalue weighted by Gasteiger charge is 1.92. The van der Waals surface area contributed by atoms with Crippen LogP contribution in [0.15, 0.2) is 0 Å². The average molecular weight is 193 g/mol. The number of rotatable bonds is 7. The monoisotopic (exact) mass is 193 g/mol. The van der Waals surface area contributed by atoms with E-state index in [2.05, 4.69) is 32.6 Å². The lowest BCUT2D eigenvalue weighted by Crippen LogP contribution is -1.99. The molecule has 0 saturated carbocycles. The summed E-state index contributed by atoms with van der Waals surface area (Å²) in [6, 6.07) is 0. The topological polar surface area (TPSA) is 3.24 Å². The van der Waals surface area contributed by atoms with E-state index in [1.807, 2.05) is 0 Å². The van der Waals surface area contributed by atoms with E-state index in [4.69, 9.17) is 0 Å². The minimum absolute atomic E-state index is 0.984. The Morgan fingerprint density at radius 3 is 2.00 bits per heavy atom. The number of unbranched alkanes of at least 4 members (excludes halogenated alkanes) is 5. The molecule has 0 radical (unpaired) electrons. The van der Waals surface area contributed by atoms with Gasteiger partial charge in [0.15, 0.2) is 0 Å². The summed E-state index contributed by atoms with van der Waals surface area (Å²) in [5, 5.41) is 0. The molecule has 0 saturated heterocycles. The Bertz CT molecular complexity index is 76.5. The summed E-state index contributed by atoms with van der Waals surface area (Å²) in [4.78, 5) is 0. The lowest BCUT2D eigenvalue weighted by molar-refractivity contribution is 0.578. The maximum Gasteiger partial charge on any atom is 0.0197 e. The third kappa shape index (κ3) is 10.7. The zero-order chi connectivity index (χ0) is 8.53. The van der Waals surface area contributed by atoms with Crippen LogP contribution in [0.4, 0.5) is 0 Å². The number of hydrogen-bond acceptors (Lipinski definition) is 3. The first-order valence-electron chi connectivity index (χ1n) is 4.42. The van der Waals surface area contributed by atoms with Crippen molar-refractivity contribution in [1.29, 1.82) is 0 Å². The van der Waals surface area contributed by atoms with Crippen LogP contribution in [-0.2, 0) is 0 Å². The van der Waals surface area contributed by atoms with Gasteiger partial charge in [0, 0.05) is 6.54 Å². The average Bonchev–Trinajstić information content (AvgIpc) is 1.96. The van der Waals surface area contributed by atoms with Crippen molar-refractivity contribution in [3.05, 3.63) is 0 Å². The summed E-state index contributed by atoms with van der Waals surface area (Å²) in [6.45, 7) is 3.22. The largest absolute Gasteiger partial charge is 0.200 e. The van der Waals surface area contributed by atoms with E-state index < -0.39 is 0 Å². The van der Waals surface area contributed by atoms with Crippen LogP contribution in [0.3, 0.4) is 0 Å². The predicted octanol–water partition coefficient (Wildman–Crippen LogP) is 3.34. The zero-order valence-electron chi connectivity index (χ0n) is 7.29. The standard InChI is InChI=1S/C8H19NS2/c1-2-3-4-5-6-7-8-9(10)11/h10-11H,2-8H2,1H3. The molecule has 0 N–H and O–H groups in total. The maximum absolute atomic E-state index is 4.04. The predicted molar refractivity (Wildman–Crippen MR) is 58.1 cm³/mol. The Morgan fingerprint density at radius 2 is 1.45 bits per heavy atom. The first-order valence-corrected chi connectivity index (χ1v) is 5.22. The van der Waals surface area contributed by atoms with Crippen molar-refractivity contribution >= 4 is 25.6 Å². The van der Waals surface area contributed by atoms with E-state index >= 15 is 0 Å². The Labute approximate surface area is 81.6 Å². The molecular formula is C8H19NS2. The van der Waals surface area contributed by atoms with Crippen LogP contribution in [0.2, 0.25) is 0 Å². The van der Waals surface area contributed by atoms with Crippen molar-refractivity contribution < 1.29 is 0 Å². The first kappa shape index (κ1) is 11.7. The fourth-order valence-electron chi connectivity index (χ4n) is 1.03. The third-order valence-corrected chi connectivity index (χ3v) is 2.11. The quantitative estimate of drug-likeness (QED) is 0.463. The van der Waals surface area contributed by atoms with Gasteiger partial charge in [0.2, 0.25) is 0 Å². The molecule has 0 aromatic carbocycles. The fraction of sp³-hybridized carbons (Fsp3) is 1.00. The molecule has 0 aliphatic rings. The number of nitrogens with zero attached hydrogens (tertiary/aromatic N) is 1. The van der Waals surface area contributed by atoms with Gasteiger partial charge in [-0.2, -0.15) is 0 Å². The molecule has 0 fully saturated rings. The van der Waals surface area contributed by atoms with Crippen LogP contribution in [0.5, 0.6) is 0 Å². The van der Waals surface area contributed by atoms with Gasteiger partial charge in [-0.1, -0.05) is 64.7 Å². The maximum atomic E-state index is 4.04. The van der Waals surface area contributed by atoms with Crippen LogP contribution in [-0.4, -0.2) is 10.3 Å². The Balaban J connectivity index is 2.80. The van der Waals surface area contributed by atoms with Crippen LogP contribution in [0.25, 0.3) is 0 Å². The second-order valence-electron chi connectivity index (χ2n) is 2.86. The molecule has 0 heterocycles. The normalized spacial score (nSPS) is 10.9. The first-order chi connectivity index (χ1) is 5.27. The molecule has 0 aromatic heterocycles. The molecule has 0 amide bonds. The molecule has 0 aliphatic carbocycles. The summed E-state index contributed by atoms with van der Waals surface area (Å²) in [5.74, 6) is 0. The minimum Gasteiger partial charge on any atom is -0.200 e. The lowest BCUT2D eigenvalue weighted by atomic mass is 10.1. The molecule has 68 valence electrons. The third-order valence-electron chi connectivity index (χ3n) is 1.71. The van der Waals surface area contributed by atoms with Crippen molar-refractivity contribution in [1.82, 2.24) is 3.71 Å². The number of thiol groups is 2. The van der Waals surface area contributed by atoms with Crippen LogP contribution in [0, 0.1) is 0 Å². The minimum atomic E-state index is 0.984. The molecule has 1 nitrogen and oxygen atoms in total. The molecule has 0 bridgehead atoms. The van der Waals surface area contributed by atoms with Gasteiger partial charge < -0.3 is 0 Å². The van der Waals surface area contributed by atoms with Crippen LogP contribution >= 0.6 is 25.6 Å². The summed E-state index contributed by atoms with van der Waals surface area (Å²) in [7, 11) is 0. The zero-order valence-corrected chi connectivity index (χ0v) is 9.08. The smallest absolute Gasteiger partial charge is 0.0197 e. The van der Waals surface area contributed by atoms with Crippen LogP contribution < -0.4 is 0 Å². The SMILES string of the molecule is CCCCCCCCN(S)S. The molecule has 3 heteroatoms. The van der Waals surface area contributed by atoms with Crippen molar-refractivity contribution in [2.45, 2.75) is 45.4 Å². The van der Waals surface area contributed by atoms with Gasteiger partial charge in [-0.25, -0.2) is 3.71 Å². The summed E-state index contributed by atoms with van der Waals surface area (Å²) in [5.41, 5.74) is 0. The molecular weight excluding hydrogens is 174 g/mol. The van der Waals surface area contributed by atoms with E-state index in [-0.39, 0.29) is 0 Å². The van der Waals surface area contributed by atoms with E-state index in [9.17, 15) is 0 Å². The molecule has 0 aliphatic heterocycles. The Morgan fingerprint density at radius 1 is 0.909 bits per heavy atom. The van der Waals surface area contributed by atoms with Gasteiger partial charge in [-0.05, 0) is 6.42 Å². The number of hydrogen-bond donors (Lipinski definition) is 2. The van der Waals surface area contributed by atoms with Gasteiger partial charge in [0.05, 0.1) is 0 Å². The van der Waals surface area contributed by atoms with E-state index in [0.29, 0.717) is 0 Å². The molecule has 11 heavy (non-hydrogen) atoms. The molecule has 0 aromatic rings. The van der Waals surface area contributed by atoms with Gasteiger partial charge in [0.25, 0.3) is 0 Å². The van der Waals surface area contributed by atoms with Crippen molar-refractivity contribution in [2.24, 2.45) is 0 Å². The van der Waals surface area contributed by atoms with Crippen molar-refractivity contribution in [3.63, 3.8) is 0 Å². The highest BCUT2D eigenvalue weighted by atomic mass is 32.2. The highest BCUT2D eigenvalue weighted by Crippen LogP contribution is 2.07. The van der Waals surface area contributed by atoms with E-state index in [1.165, 1.54) is 38.5 Å². The Kier molecular flexibility index (Phi) is 9.28. The summed E-state index contributed by atoms with van der Waals surface area (Å²) < 4.78 is 1.65.